The second-order valence-corrected chi connectivity index (χ2v) is 4.28. The van der Waals surface area contributed by atoms with Gasteiger partial charge in [-0.15, -0.1) is 4.98 Å². The van der Waals surface area contributed by atoms with Crippen LogP contribution in [0.3, 0.4) is 0 Å². The summed E-state index contributed by atoms with van der Waals surface area (Å²) < 4.78 is 0.987. The molecule has 4 nitrogen and oxygen atoms in total. The fourth-order valence-corrected chi connectivity index (χ4v) is 1.82. The lowest BCUT2D eigenvalue weighted by molar-refractivity contribution is -0.355. The maximum Gasteiger partial charge on any atom is 0.303 e. The molecule has 1 heterocycles. The third kappa shape index (κ3) is 2.16. The summed E-state index contributed by atoms with van der Waals surface area (Å²) in [6.07, 6.45) is 0. The van der Waals surface area contributed by atoms with Crippen molar-refractivity contribution in [2.24, 2.45) is 11.5 Å². The van der Waals surface area contributed by atoms with E-state index in [9.17, 15) is 0 Å². The molecule has 1 aromatic heterocycles. The number of nitrogens with two attached hydrogens (primary N) is 2. The molecule has 0 bridgehead atoms. The fraction of sp³-hybridized carbons (Fsp3) is 0.200. The predicted molar refractivity (Wildman–Crippen MR) is 48.6 cm³/mol. The monoisotopic (exact) mass is 235 g/mol. The zero-order valence-corrected chi connectivity index (χ0v) is 8.29. The molecule has 0 aromatic carbocycles. The Kier molecular flexibility index (Phi) is 2.45. The Hall–Kier alpha value is -0.620. The highest BCUT2D eigenvalue weighted by Gasteiger charge is 2.06. The van der Waals surface area contributed by atoms with Crippen LogP contribution < -0.4 is 16.5 Å². The molecule has 0 spiro atoms. The van der Waals surface area contributed by atoms with Crippen LogP contribution in [0, 0.1) is 6.92 Å². The van der Waals surface area contributed by atoms with Crippen LogP contribution in [0.1, 0.15) is 5.69 Å². The van der Waals surface area contributed by atoms with Crippen LogP contribution >= 0.6 is 27.3 Å². The number of guanidine groups is 1. The Bertz CT molecular complexity index is 269. The second kappa shape index (κ2) is 3.19. The van der Waals surface area contributed by atoms with Gasteiger partial charge in [0.15, 0.2) is 0 Å². The van der Waals surface area contributed by atoms with Crippen molar-refractivity contribution < 1.29 is 4.99 Å². The highest BCUT2D eigenvalue weighted by atomic mass is 79.9. The summed E-state index contributed by atoms with van der Waals surface area (Å²) in [5.74, 6) is 0.159. The Morgan fingerprint density at radius 3 is 2.64 bits per heavy atom. The molecule has 1 aromatic rings. The van der Waals surface area contributed by atoms with Gasteiger partial charge in [0, 0.05) is 0 Å². The fourth-order valence-electron chi connectivity index (χ4n) is 0.555. The SMILES string of the molecule is Cc1nc([NH+]=C(N)N)sc1Br. The van der Waals surface area contributed by atoms with E-state index in [0.29, 0.717) is 5.13 Å². The average Bonchev–Trinajstić information content (AvgIpc) is 2.10. The van der Waals surface area contributed by atoms with E-state index in [1.807, 2.05) is 6.92 Å². The third-order valence-corrected chi connectivity index (χ3v) is 2.91. The number of aromatic nitrogens is 1. The summed E-state index contributed by atoms with van der Waals surface area (Å²) in [6, 6.07) is 0. The van der Waals surface area contributed by atoms with Crippen LogP contribution in [-0.4, -0.2) is 10.9 Å². The molecular weight excluding hydrogens is 228 g/mol. The van der Waals surface area contributed by atoms with Crippen molar-refractivity contribution in [3.63, 3.8) is 0 Å². The number of rotatable bonds is 1. The second-order valence-electron chi connectivity index (χ2n) is 1.96. The normalized spacial score (nSPS) is 9.64. The van der Waals surface area contributed by atoms with Crippen molar-refractivity contribution in [3.05, 3.63) is 9.48 Å². The van der Waals surface area contributed by atoms with Crippen molar-refractivity contribution in [2.45, 2.75) is 6.92 Å². The van der Waals surface area contributed by atoms with Gasteiger partial charge in [-0.05, 0) is 22.9 Å². The summed E-state index contributed by atoms with van der Waals surface area (Å²) in [4.78, 5) is 6.85. The number of halogens is 1. The molecule has 6 heteroatoms. The Labute approximate surface area is 76.5 Å². The van der Waals surface area contributed by atoms with E-state index < -0.39 is 0 Å². The molecule has 0 saturated heterocycles. The van der Waals surface area contributed by atoms with Gasteiger partial charge in [0.2, 0.25) is 0 Å². The minimum Gasteiger partial charge on any atom is -0.311 e. The number of aryl methyl sites for hydroxylation is 1. The molecule has 0 saturated carbocycles. The molecule has 1 rings (SSSR count). The van der Waals surface area contributed by atoms with Gasteiger partial charge < -0.3 is 11.5 Å². The van der Waals surface area contributed by atoms with Crippen LogP contribution in [0.4, 0.5) is 5.13 Å². The van der Waals surface area contributed by atoms with Crippen molar-refractivity contribution in [1.29, 1.82) is 0 Å². The van der Waals surface area contributed by atoms with E-state index in [2.05, 4.69) is 25.9 Å². The summed E-state index contributed by atoms with van der Waals surface area (Å²) >= 11 is 4.79. The summed E-state index contributed by atoms with van der Waals surface area (Å²) in [7, 11) is 0. The highest BCUT2D eigenvalue weighted by Crippen LogP contribution is 2.24. The zero-order valence-electron chi connectivity index (χ0n) is 5.89. The largest absolute Gasteiger partial charge is 0.311 e. The molecule has 0 atom stereocenters. The number of thiazole rings is 1. The van der Waals surface area contributed by atoms with Crippen molar-refractivity contribution in [3.8, 4) is 0 Å². The molecule has 0 unspecified atom stereocenters. The van der Waals surface area contributed by atoms with Gasteiger partial charge in [-0.2, -0.15) is 0 Å². The molecule has 0 aliphatic heterocycles. The highest BCUT2D eigenvalue weighted by molar-refractivity contribution is 9.11. The summed E-state index contributed by atoms with van der Waals surface area (Å²) in [5, 5.41) is 0.703. The molecule has 0 amide bonds. The van der Waals surface area contributed by atoms with Gasteiger partial charge >= 0.3 is 5.96 Å². The number of hydrogen-bond donors (Lipinski definition) is 3. The number of hydrogen-bond acceptors (Lipinski definition) is 2. The average molecular weight is 236 g/mol. The first-order valence-electron chi connectivity index (χ1n) is 2.87. The van der Waals surface area contributed by atoms with Gasteiger partial charge in [0.05, 0.1) is 0 Å². The quantitative estimate of drug-likeness (QED) is 0.441. The van der Waals surface area contributed by atoms with Crippen molar-refractivity contribution in [2.75, 3.05) is 0 Å². The topological polar surface area (TPSA) is 78.9 Å². The molecule has 0 fully saturated rings. The molecule has 60 valence electrons. The zero-order chi connectivity index (χ0) is 8.43. The molecule has 0 aliphatic rings. The van der Waals surface area contributed by atoms with E-state index in [1.165, 1.54) is 11.3 Å². The minimum absolute atomic E-state index is 0.159. The smallest absolute Gasteiger partial charge is 0.303 e. The molecule has 0 radical (unpaired) electrons. The van der Waals surface area contributed by atoms with Gasteiger partial charge in [-0.1, -0.05) is 11.3 Å². The van der Waals surface area contributed by atoms with E-state index in [-0.39, 0.29) is 5.96 Å². The lowest BCUT2D eigenvalue weighted by Gasteiger charge is -1.79. The number of nitrogens with zero attached hydrogens (tertiary/aromatic N) is 1. The number of nitrogens with one attached hydrogen (secondary N) is 1. The molecule has 11 heavy (non-hydrogen) atoms. The van der Waals surface area contributed by atoms with E-state index in [1.54, 1.807) is 0 Å². The lowest BCUT2D eigenvalue weighted by atomic mass is 10.6. The van der Waals surface area contributed by atoms with Crippen LogP contribution in [0.15, 0.2) is 3.79 Å². The Morgan fingerprint density at radius 2 is 2.27 bits per heavy atom. The summed E-state index contributed by atoms with van der Waals surface area (Å²) in [5.41, 5.74) is 11.4. The predicted octanol–water partition coefficient (Wildman–Crippen LogP) is -0.800. The lowest BCUT2D eigenvalue weighted by Crippen LogP contribution is -2.72. The first kappa shape index (κ1) is 8.48. The van der Waals surface area contributed by atoms with E-state index in [4.69, 9.17) is 11.5 Å². The summed E-state index contributed by atoms with van der Waals surface area (Å²) in [6.45, 7) is 1.90. The van der Waals surface area contributed by atoms with Gasteiger partial charge in [-0.25, -0.2) is 4.99 Å². The maximum absolute atomic E-state index is 5.22. The van der Waals surface area contributed by atoms with Crippen LogP contribution in [-0.2, 0) is 0 Å². The van der Waals surface area contributed by atoms with Crippen molar-refractivity contribution in [1.82, 2.24) is 4.98 Å². The van der Waals surface area contributed by atoms with Gasteiger partial charge in [0.25, 0.3) is 5.13 Å². The van der Waals surface area contributed by atoms with Gasteiger partial charge in [0.1, 0.15) is 9.48 Å². The molecule has 0 aliphatic carbocycles. The Morgan fingerprint density at radius 1 is 1.64 bits per heavy atom. The van der Waals surface area contributed by atoms with Crippen LogP contribution in [0.5, 0.6) is 0 Å². The van der Waals surface area contributed by atoms with Gasteiger partial charge in [-0.3, -0.25) is 0 Å². The van der Waals surface area contributed by atoms with Crippen LogP contribution in [0.2, 0.25) is 0 Å². The third-order valence-electron chi connectivity index (χ3n) is 0.991. The first-order chi connectivity index (χ1) is 5.09. The Balaban J connectivity index is 2.98. The first-order valence-corrected chi connectivity index (χ1v) is 4.48. The van der Waals surface area contributed by atoms with E-state index >= 15 is 0 Å². The van der Waals surface area contributed by atoms with Crippen LogP contribution in [0.25, 0.3) is 0 Å². The molecular formula is C5H8BrN4S+. The minimum atomic E-state index is 0.159. The standard InChI is InChI=1S/C5H7BrN4S/c1-2-3(6)11-5(9-2)10-4(7)8/h1H3,(H4,7,8,9,10)/p+1. The van der Waals surface area contributed by atoms with Crippen molar-refractivity contribution >= 4 is 38.4 Å². The maximum atomic E-state index is 5.22. The van der Waals surface area contributed by atoms with E-state index in [0.717, 1.165) is 9.48 Å². The molecule has 5 N–H and O–H groups in total.